The molecule has 0 fully saturated rings. The number of rotatable bonds is 2. The van der Waals surface area contributed by atoms with E-state index in [-0.39, 0.29) is 0 Å². The van der Waals surface area contributed by atoms with Gasteiger partial charge in [0, 0.05) is 4.90 Å². The van der Waals surface area contributed by atoms with Gasteiger partial charge in [-0.15, -0.1) is 11.8 Å². The van der Waals surface area contributed by atoms with Gasteiger partial charge >= 0.3 is 0 Å². The predicted octanol–water partition coefficient (Wildman–Crippen LogP) is 2.98. The van der Waals surface area contributed by atoms with E-state index < -0.39 is 0 Å². The Morgan fingerprint density at radius 3 is 2.83 bits per heavy atom. The van der Waals surface area contributed by atoms with Crippen molar-refractivity contribution in [1.82, 2.24) is 0 Å². The monoisotopic (exact) mass is 177 g/mol. The number of benzene rings is 1. The zero-order valence-corrected chi connectivity index (χ0v) is 8.11. The van der Waals surface area contributed by atoms with Crippen LogP contribution in [0.5, 0.6) is 0 Å². The molecule has 0 aromatic heterocycles. The van der Waals surface area contributed by atoms with Crippen molar-refractivity contribution >= 4 is 11.8 Å². The lowest BCUT2D eigenvalue weighted by Gasteiger charge is -2.00. The summed E-state index contributed by atoms with van der Waals surface area (Å²) in [5.74, 6) is 1.05. The second kappa shape index (κ2) is 4.18. The van der Waals surface area contributed by atoms with E-state index in [1.165, 1.54) is 4.90 Å². The minimum absolute atomic E-state index is 0.786. The topological polar surface area (TPSA) is 23.8 Å². The van der Waals surface area contributed by atoms with E-state index in [1.54, 1.807) is 11.8 Å². The van der Waals surface area contributed by atoms with E-state index >= 15 is 0 Å². The van der Waals surface area contributed by atoms with Gasteiger partial charge in [0.1, 0.15) is 0 Å². The lowest BCUT2D eigenvalue weighted by atomic mass is 10.1. The van der Waals surface area contributed by atoms with Crippen molar-refractivity contribution in [3.8, 4) is 6.07 Å². The fourth-order valence-corrected chi connectivity index (χ4v) is 1.68. The van der Waals surface area contributed by atoms with E-state index in [0.29, 0.717) is 0 Å². The Balaban J connectivity index is 2.99. The SMILES string of the molecule is CCSc1ccc(C)c(C#N)c1. The van der Waals surface area contributed by atoms with Gasteiger partial charge in [-0.3, -0.25) is 0 Å². The Morgan fingerprint density at radius 2 is 2.25 bits per heavy atom. The average molecular weight is 177 g/mol. The normalized spacial score (nSPS) is 9.42. The van der Waals surface area contributed by atoms with Gasteiger partial charge in [0.25, 0.3) is 0 Å². The molecule has 0 spiro atoms. The quantitative estimate of drug-likeness (QED) is 0.648. The molecule has 1 aromatic carbocycles. The summed E-state index contributed by atoms with van der Waals surface area (Å²) in [6.45, 7) is 4.06. The van der Waals surface area contributed by atoms with Gasteiger partial charge in [0.05, 0.1) is 11.6 Å². The molecule has 0 aliphatic rings. The Kier molecular flexibility index (Phi) is 3.19. The molecular formula is C10H11NS. The third-order valence-electron chi connectivity index (χ3n) is 1.64. The number of hydrogen-bond acceptors (Lipinski definition) is 2. The maximum atomic E-state index is 8.75. The largest absolute Gasteiger partial charge is 0.192 e. The molecule has 1 nitrogen and oxygen atoms in total. The highest BCUT2D eigenvalue weighted by Gasteiger charge is 1.98. The number of thioether (sulfide) groups is 1. The number of nitriles is 1. The summed E-state index contributed by atoms with van der Waals surface area (Å²) in [7, 11) is 0. The average Bonchev–Trinajstić information content (AvgIpc) is 2.09. The Morgan fingerprint density at radius 1 is 1.50 bits per heavy atom. The summed E-state index contributed by atoms with van der Waals surface area (Å²) in [5, 5.41) is 8.75. The molecule has 62 valence electrons. The second-order valence-corrected chi connectivity index (χ2v) is 3.86. The Hall–Kier alpha value is -0.940. The summed E-state index contributed by atoms with van der Waals surface area (Å²) >= 11 is 1.76. The second-order valence-electron chi connectivity index (χ2n) is 2.52. The number of hydrogen-bond donors (Lipinski definition) is 0. The van der Waals surface area contributed by atoms with Crippen LogP contribution in [0, 0.1) is 18.3 Å². The zero-order chi connectivity index (χ0) is 8.97. The first-order valence-corrected chi connectivity index (χ1v) is 4.90. The highest BCUT2D eigenvalue weighted by atomic mass is 32.2. The predicted molar refractivity (Wildman–Crippen MR) is 52.3 cm³/mol. The molecule has 0 N–H and O–H groups in total. The maximum Gasteiger partial charge on any atom is 0.0994 e. The molecule has 0 bridgehead atoms. The van der Waals surface area contributed by atoms with E-state index in [4.69, 9.17) is 5.26 Å². The first-order chi connectivity index (χ1) is 5.77. The third kappa shape index (κ3) is 2.02. The standard InChI is InChI=1S/C10H11NS/c1-3-12-10-5-4-8(2)9(6-10)7-11/h4-6H,3H2,1-2H3. The minimum atomic E-state index is 0.786. The minimum Gasteiger partial charge on any atom is -0.192 e. The van der Waals surface area contributed by atoms with Crippen molar-refractivity contribution in [2.75, 3.05) is 5.75 Å². The Labute approximate surface area is 77.4 Å². The third-order valence-corrected chi connectivity index (χ3v) is 2.52. The summed E-state index contributed by atoms with van der Waals surface area (Å²) in [6.07, 6.45) is 0. The van der Waals surface area contributed by atoms with Crippen LogP contribution in [-0.2, 0) is 0 Å². The van der Waals surface area contributed by atoms with Crippen molar-refractivity contribution in [2.24, 2.45) is 0 Å². The van der Waals surface area contributed by atoms with Crippen LogP contribution >= 0.6 is 11.8 Å². The number of aryl methyl sites for hydroxylation is 1. The zero-order valence-electron chi connectivity index (χ0n) is 7.29. The fourth-order valence-electron chi connectivity index (χ4n) is 0.978. The molecule has 2 heteroatoms. The molecular weight excluding hydrogens is 166 g/mol. The molecule has 0 saturated carbocycles. The van der Waals surface area contributed by atoms with Crippen LogP contribution < -0.4 is 0 Å². The maximum absolute atomic E-state index is 8.75. The molecule has 0 saturated heterocycles. The van der Waals surface area contributed by atoms with Crippen molar-refractivity contribution in [3.05, 3.63) is 29.3 Å². The Bertz CT molecular complexity index is 312. The van der Waals surface area contributed by atoms with E-state index in [0.717, 1.165) is 16.9 Å². The highest BCUT2D eigenvalue weighted by molar-refractivity contribution is 7.99. The van der Waals surface area contributed by atoms with E-state index in [9.17, 15) is 0 Å². The molecule has 0 aliphatic heterocycles. The molecule has 0 radical (unpaired) electrons. The number of nitrogens with zero attached hydrogens (tertiary/aromatic N) is 1. The van der Waals surface area contributed by atoms with Crippen molar-refractivity contribution < 1.29 is 0 Å². The van der Waals surface area contributed by atoms with Gasteiger partial charge in [-0.1, -0.05) is 13.0 Å². The highest BCUT2D eigenvalue weighted by Crippen LogP contribution is 2.20. The van der Waals surface area contributed by atoms with Gasteiger partial charge in [0.2, 0.25) is 0 Å². The van der Waals surface area contributed by atoms with Crippen LogP contribution in [0.1, 0.15) is 18.1 Å². The summed E-state index contributed by atoms with van der Waals surface area (Å²) in [5.41, 5.74) is 1.84. The van der Waals surface area contributed by atoms with Crippen LogP contribution in [0.25, 0.3) is 0 Å². The fraction of sp³-hybridized carbons (Fsp3) is 0.300. The van der Waals surface area contributed by atoms with Crippen molar-refractivity contribution in [2.45, 2.75) is 18.7 Å². The molecule has 1 rings (SSSR count). The first-order valence-electron chi connectivity index (χ1n) is 3.91. The molecule has 12 heavy (non-hydrogen) atoms. The van der Waals surface area contributed by atoms with Crippen molar-refractivity contribution in [3.63, 3.8) is 0 Å². The van der Waals surface area contributed by atoms with Gasteiger partial charge in [-0.25, -0.2) is 0 Å². The van der Waals surface area contributed by atoms with Crippen LogP contribution in [0.2, 0.25) is 0 Å². The van der Waals surface area contributed by atoms with Gasteiger partial charge < -0.3 is 0 Å². The first kappa shape index (κ1) is 9.15. The molecule has 0 heterocycles. The lowest BCUT2D eigenvalue weighted by Crippen LogP contribution is -1.82. The summed E-state index contributed by atoms with van der Waals surface area (Å²) in [6, 6.07) is 8.19. The molecule has 0 atom stereocenters. The van der Waals surface area contributed by atoms with Crippen LogP contribution in [0.3, 0.4) is 0 Å². The van der Waals surface area contributed by atoms with Crippen LogP contribution in [0.4, 0.5) is 0 Å². The lowest BCUT2D eigenvalue weighted by molar-refractivity contribution is 1.32. The van der Waals surface area contributed by atoms with Crippen LogP contribution in [-0.4, -0.2) is 5.75 Å². The molecule has 0 unspecified atom stereocenters. The summed E-state index contributed by atoms with van der Waals surface area (Å²) < 4.78 is 0. The van der Waals surface area contributed by atoms with Gasteiger partial charge in [-0.05, 0) is 30.4 Å². The van der Waals surface area contributed by atoms with Crippen molar-refractivity contribution in [1.29, 1.82) is 5.26 Å². The molecule has 1 aromatic rings. The summed E-state index contributed by atoms with van der Waals surface area (Å²) in [4.78, 5) is 1.18. The van der Waals surface area contributed by atoms with E-state index in [1.807, 2.05) is 19.1 Å². The molecule has 0 aliphatic carbocycles. The molecule has 0 amide bonds. The van der Waals surface area contributed by atoms with Crippen LogP contribution in [0.15, 0.2) is 23.1 Å². The van der Waals surface area contributed by atoms with E-state index in [2.05, 4.69) is 19.1 Å². The smallest absolute Gasteiger partial charge is 0.0994 e. The van der Waals surface area contributed by atoms with Gasteiger partial charge in [0.15, 0.2) is 0 Å². The van der Waals surface area contributed by atoms with Gasteiger partial charge in [-0.2, -0.15) is 5.26 Å².